The summed E-state index contributed by atoms with van der Waals surface area (Å²) in [4.78, 5) is 0. The maximum Gasteiger partial charge on any atom is 0.143 e. The number of rotatable bonds is 10. The maximum atomic E-state index is 6.50. The van der Waals surface area contributed by atoms with Crippen LogP contribution in [0.15, 0.2) is 417 Å². The molecule has 18 aromatic carbocycles. The molecule has 0 aliphatic heterocycles. The average Bonchev–Trinajstić information content (AvgIpc) is 1.59. The maximum absolute atomic E-state index is 6.50. The van der Waals surface area contributed by atoms with Gasteiger partial charge in [0.2, 0.25) is 0 Å². The summed E-state index contributed by atoms with van der Waals surface area (Å²) >= 11 is 1.89. The first-order valence-electron chi connectivity index (χ1n) is 39.0. The van der Waals surface area contributed by atoms with Crippen molar-refractivity contribution >= 4 is 141 Å². The van der Waals surface area contributed by atoms with Crippen LogP contribution >= 0.6 is 11.3 Å². The zero-order valence-electron chi connectivity index (χ0n) is 61.9. The molecule has 6 heterocycles. The first kappa shape index (κ1) is 65.1. The molecule has 0 saturated heterocycles. The lowest BCUT2D eigenvalue weighted by Gasteiger charge is -2.10. The Morgan fingerprint density at radius 1 is 0.175 bits per heavy atom. The van der Waals surface area contributed by atoms with Gasteiger partial charge in [-0.1, -0.05) is 255 Å². The molecule has 6 heteroatoms. The molecule has 0 aliphatic rings. The summed E-state index contributed by atoms with van der Waals surface area (Å²) in [7, 11) is 0. The summed E-state index contributed by atoms with van der Waals surface area (Å²) in [5, 5.41) is 14.9. The number of hydrogen-bond acceptors (Lipinski definition) is 2. The van der Waals surface area contributed by atoms with Gasteiger partial charge in [0.15, 0.2) is 0 Å². The van der Waals surface area contributed by atoms with Gasteiger partial charge < -0.3 is 22.7 Å². The third-order valence-corrected chi connectivity index (χ3v) is 24.6. The van der Waals surface area contributed by atoms with Gasteiger partial charge in [-0.15, -0.1) is 11.3 Å². The Kier molecular flexibility index (Phi) is 15.1. The molecule has 0 fully saturated rings. The zero-order chi connectivity index (χ0) is 74.9. The van der Waals surface area contributed by atoms with Crippen molar-refractivity contribution in [2.45, 2.75) is 0 Å². The number of thiophene rings is 1. The van der Waals surface area contributed by atoms with Crippen molar-refractivity contribution in [1.82, 2.24) is 18.3 Å². The average molecular weight is 1470 g/mol. The molecule has 0 radical (unpaired) electrons. The van der Waals surface area contributed by atoms with Crippen molar-refractivity contribution in [2.75, 3.05) is 0 Å². The first-order chi connectivity index (χ1) is 56.5. The Labute approximate surface area is 660 Å². The topological polar surface area (TPSA) is 32.9 Å². The lowest BCUT2D eigenvalue weighted by Crippen LogP contribution is -1.93. The van der Waals surface area contributed by atoms with Crippen molar-refractivity contribution in [3.8, 4) is 89.5 Å². The monoisotopic (exact) mass is 1470 g/mol. The molecule has 5 nitrogen and oxygen atoms in total. The van der Waals surface area contributed by atoms with Crippen LogP contribution in [0.1, 0.15) is 0 Å². The first-order valence-corrected chi connectivity index (χ1v) is 39.8. The van der Waals surface area contributed by atoms with Gasteiger partial charge in [0.05, 0.1) is 44.1 Å². The second kappa shape index (κ2) is 26.5. The van der Waals surface area contributed by atoms with Crippen LogP contribution in [-0.4, -0.2) is 18.3 Å². The molecule has 0 N–H and O–H groups in total. The van der Waals surface area contributed by atoms with Crippen LogP contribution in [0, 0.1) is 0 Å². The number of aromatic nitrogens is 4. The lowest BCUT2D eigenvalue weighted by molar-refractivity contribution is 0.670. The molecule has 24 rings (SSSR count). The van der Waals surface area contributed by atoms with Gasteiger partial charge in [-0.25, -0.2) is 0 Å². The third kappa shape index (κ3) is 10.6. The van der Waals surface area contributed by atoms with Gasteiger partial charge in [0.1, 0.15) is 11.2 Å². The number of benzene rings is 18. The van der Waals surface area contributed by atoms with Crippen LogP contribution in [-0.2, 0) is 0 Å². The predicted octanol–water partition coefficient (Wildman–Crippen LogP) is 30.0. The fraction of sp³-hybridized carbons (Fsp3) is 0. The van der Waals surface area contributed by atoms with Crippen LogP contribution in [0.25, 0.3) is 219 Å². The highest BCUT2D eigenvalue weighted by atomic mass is 32.1. The molecular formula is C108H68N4OS. The van der Waals surface area contributed by atoms with E-state index in [0.717, 1.165) is 44.4 Å². The van der Waals surface area contributed by atoms with E-state index >= 15 is 0 Å². The van der Waals surface area contributed by atoms with Gasteiger partial charge in [-0.3, -0.25) is 0 Å². The van der Waals surface area contributed by atoms with Gasteiger partial charge in [0.25, 0.3) is 0 Å². The van der Waals surface area contributed by atoms with Crippen LogP contribution in [0.2, 0.25) is 0 Å². The van der Waals surface area contributed by atoms with Crippen LogP contribution < -0.4 is 0 Å². The highest BCUT2D eigenvalue weighted by molar-refractivity contribution is 7.26. The van der Waals surface area contributed by atoms with E-state index in [-0.39, 0.29) is 0 Å². The Morgan fingerprint density at radius 2 is 0.465 bits per heavy atom. The second-order valence-electron chi connectivity index (χ2n) is 29.8. The van der Waals surface area contributed by atoms with Crippen molar-refractivity contribution in [1.29, 1.82) is 0 Å². The Balaban J connectivity index is 0.000000135. The van der Waals surface area contributed by atoms with E-state index in [0.29, 0.717) is 0 Å². The van der Waals surface area contributed by atoms with E-state index in [2.05, 4.69) is 425 Å². The number of nitrogens with zero attached hydrogens (tertiary/aromatic N) is 4. The lowest BCUT2D eigenvalue weighted by atomic mass is 9.96. The van der Waals surface area contributed by atoms with Gasteiger partial charge in [-0.05, 0) is 219 Å². The minimum absolute atomic E-state index is 0.910. The summed E-state index contributed by atoms with van der Waals surface area (Å²) < 4.78 is 18.7. The van der Waals surface area contributed by atoms with Crippen molar-refractivity contribution in [2.24, 2.45) is 0 Å². The molecule has 0 unspecified atom stereocenters. The van der Waals surface area contributed by atoms with Gasteiger partial charge in [-0.2, -0.15) is 0 Å². The van der Waals surface area contributed by atoms with Crippen molar-refractivity contribution in [3.63, 3.8) is 0 Å². The Morgan fingerprint density at radius 3 is 0.895 bits per heavy atom. The Bertz CT molecular complexity index is 7500. The molecule has 24 aromatic rings. The van der Waals surface area contributed by atoms with E-state index < -0.39 is 0 Å². The minimum atomic E-state index is 0.910. The second-order valence-corrected chi connectivity index (χ2v) is 30.9. The third-order valence-electron chi connectivity index (χ3n) is 23.4. The predicted molar refractivity (Wildman–Crippen MR) is 483 cm³/mol. The van der Waals surface area contributed by atoms with Crippen LogP contribution in [0.3, 0.4) is 0 Å². The summed E-state index contributed by atoms with van der Waals surface area (Å²) in [6.45, 7) is 0. The standard InChI is InChI=1S/C54H34N2O.C54H34N2S/c2*1-3-15-40(16-4-1)55-49-23-9-7-19-43(49)46-32-37(25-28-50(46)55)35-13-11-14-36(31-35)38-26-29-51-47(33-38)48-34-39(27-30-52(48)56(51)41-17-5-2-6-18-41)42-21-12-22-45-44-20-8-10-24-53(44)57-54(42)45/h2*1-34H. The molecule has 0 saturated carbocycles. The summed E-state index contributed by atoms with van der Waals surface area (Å²) in [6.07, 6.45) is 0. The SMILES string of the molecule is c1ccc(-n2c3ccccc3c3cc(-c4cccc(-c5ccc6c(c5)c5cc(-c7cccc8c7oc7ccccc78)ccc5n6-c5ccccc5)c4)ccc32)cc1.c1ccc(-n2c3ccccc3c3cc(-c4cccc(-c5ccc6c(c5)c5cc(-c7cccc8c7sc7ccccc78)ccc5n6-c5ccccc5)c4)ccc32)cc1. The molecule has 0 aliphatic carbocycles. The summed E-state index contributed by atoms with van der Waals surface area (Å²) in [6, 6.07) is 150. The van der Waals surface area contributed by atoms with E-state index in [1.165, 1.54) is 174 Å². The van der Waals surface area contributed by atoms with E-state index in [1.807, 2.05) is 17.4 Å². The molecular weight excluding hydrogens is 1400 g/mol. The summed E-state index contributed by atoms with van der Waals surface area (Å²) in [5.41, 5.74) is 30.4. The number of fused-ring (bicyclic) bond motifs is 18. The highest BCUT2D eigenvalue weighted by Gasteiger charge is 2.22. The normalized spacial score (nSPS) is 11.9. The fourth-order valence-electron chi connectivity index (χ4n) is 18.2. The number of para-hydroxylation sites is 8. The van der Waals surface area contributed by atoms with E-state index in [1.54, 1.807) is 0 Å². The largest absolute Gasteiger partial charge is 0.455 e. The molecule has 0 bridgehead atoms. The molecule has 114 heavy (non-hydrogen) atoms. The number of hydrogen-bond donors (Lipinski definition) is 0. The fourth-order valence-corrected chi connectivity index (χ4v) is 19.4. The van der Waals surface area contributed by atoms with Crippen molar-refractivity contribution < 1.29 is 4.42 Å². The van der Waals surface area contributed by atoms with E-state index in [9.17, 15) is 0 Å². The number of furan rings is 1. The molecule has 6 aromatic heterocycles. The van der Waals surface area contributed by atoms with Crippen LogP contribution in [0.4, 0.5) is 0 Å². The van der Waals surface area contributed by atoms with Gasteiger partial charge in [0, 0.05) is 102 Å². The van der Waals surface area contributed by atoms with Crippen LogP contribution in [0.5, 0.6) is 0 Å². The summed E-state index contributed by atoms with van der Waals surface area (Å²) in [5.74, 6) is 0. The van der Waals surface area contributed by atoms with Gasteiger partial charge >= 0.3 is 0 Å². The smallest absolute Gasteiger partial charge is 0.143 e. The Hall–Kier alpha value is -14.8. The quantitative estimate of drug-likeness (QED) is 0.134. The highest BCUT2D eigenvalue weighted by Crippen LogP contribution is 2.46. The molecule has 532 valence electrons. The van der Waals surface area contributed by atoms with Crippen molar-refractivity contribution in [3.05, 3.63) is 413 Å². The molecule has 0 spiro atoms. The molecule has 0 amide bonds. The van der Waals surface area contributed by atoms with E-state index in [4.69, 9.17) is 4.42 Å². The minimum Gasteiger partial charge on any atom is -0.455 e. The zero-order valence-corrected chi connectivity index (χ0v) is 62.7. The molecule has 0 atom stereocenters.